The van der Waals surface area contributed by atoms with Crippen LogP contribution in [-0.2, 0) is 4.79 Å². The maximum absolute atomic E-state index is 12.7. The highest BCUT2D eigenvalue weighted by Gasteiger charge is 2.28. The number of rotatable bonds is 5. The number of hydrogen-bond donors (Lipinski definition) is 2. The van der Waals surface area contributed by atoms with Crippen molar-refractivity contribution in [2.24, 2.45) is 5.73 Å². The van der Waals surface area contributed by atoms with Crippen molar-refractivity contribution in [1.82, 2.24) is 10.2 Å². The second kappa shape index (κ2) is 9.60. The van der Waals surface area contributed by atoms with Crippen molar-refractivity contribution in [3.63, 3.8) is 0 Å². The molecule has 3 rings (SSSR count). The van der Waals surface area contributed by atoms with Gasteiger partial charge >= 0.3 is 0 Å². The molecular formula is C19H21Cl2N3O3. The van der Waals surface area contributed by atoms with E-state index in [0.29, 0.717) is 29.4 Å². The summed E-state index contributed by atoms with van der Waals surface area (Å²) in [7, 11) is 0. The Labute approximate surface area is 169 Å². The first-order valence-corrected chi connectivity index (χ1v) is 8.71. The first kappa shape index (κ1) is 21.0. The second-order valence-electron chi connectivity index (χ2n) is 6.04. The van der Waals surface area contributed by atoms with E-state index in [1.54, 1.807) is 29.2 Å². The lowest BCUT2D eigenvalue weighted by atomic mass is 10.0. The third-order valence-electron chi connectivity index (χ3n) is 4.30. The molecule has 6 nitrogen and oxygen atoms in total. The fraction of sp³-hybridized carbons (Fsp3) is 0.263. The normalized spacial score (nSPS) is 16.3. The number of hydrogen-bond acceptors (Lipinski definition) is 4. The van der Waals surface area contributed by atoms with Gasteiger partial charge in [-0.15, -0.1) is 12.4 Å². The summed E-state index contributed by atoms with van der Waals surface area (Å²) in [5, 5.41) is 3.95. The van der Waals surface area contributed by atoms with Crippen molar-refractivity contribution < 1.29 is 14.3 Å². The lowest BCUT2D eigenvalue weighted by molar-refractivity contribution is -0.136. The van der Waals surface area contributed by atoms with E-state index in [0.717, 1.165) is 12.1 Å². The molecule has 144 valence electrons. The van der Waals surface area contributed by atoms with Crippen LogP contribution in [0.15, 0.2) is 48.5 Å². The predicted molar refractivity (Wildman–Crippen MR) is 106 cm³/mol. The maximum atomic E-state index is 12.7. The Bertz CT molecular complexity index is 799. The fourth-order valence-corrected chi connectivity index (χ4v) is 3.16. The number of amides is 2. The molecule has 0 bridgehead atoms. The largest absolute Gasteiger partial charge is 0.484 e. The smallest absolute Gasteiger partial charge is 0.261 e. The summed E-state index contributed by atoms with van der Waals surface area (Å²) in [6, 6.07) is 13.8. The number of nitrogens with zero attached hydrogens (tertiary/aromatic N) is 1. The number of nitrogens with one attached hydrogen (secondary N) is 1. The predicted octanol–water partition coefficient (Wildman–Crippen LogP) is 2.41. The molecule has 0 saturated carbocycles. The lowest BCUT2D eigenvalue weighted by Crippen LogP contribution is -2.50. The van der Waals surface area contributed by atoms with Crippen molar-refractivity contribution in [3.05, 3.63) is 64.7 Å². The third kappa shape index (κ3) is 5.35. The summed E-state index contributed by atoms with van der Waals surface area (Å²) < 4.78 is 5.57. The Hall–Kier alpha value is -2.28. The number of piperazine rings is 1. The van der Waals surface area contributed by atoms with Crippen LogP contribution in [-0.4, -0.2) is 43.0 Å². The lowest BCUT2D eigenvalue weighted by Gasteiger charge is -2.36. The molecule has 0 aliphatic carbocycles. The number of halogens is 2. The number of benzene rings is 2. The van der Waals surface area contributed by atoms with Crippen LogP contribution in [0.5, 0.6) is 5.75 Å². The van der Waals surface area contributed by atoms with Gasteiger partial charge in [0.15, 0.2) is 6.61 Å². The Morgan fingerprint density at radius 3 is 2.63 bits per heavy atom. The van der Waals surface area contributed by atoms with E-state index in [2.05, 4.69) is 5.32 Å². The van der Waals surface area contributed by atoms with Gasteiger partial charge in [-0.25, -0.2) is 0 Å². The number of carbonyl (C=O) groups excluding carboxylic acids is 2. The van der Waals surface area contributed by atoms with E-state index in [1.165, 1.54) is 0 Å². The minimum absolute atomic E-state index is 0. The molecular weight excluding hydrogens is 389 g/mol. The van der Waals surface area contributed by atoms with E-state index >= 15 is 0 Å². The monoisotopic (exact) mass is 409 g/mol. The van der Waals surface area contributed by atoms with E-state index in [1.807, 2.05) is 24.3 Å². The Morgan fingerprint density at radius 1 is 1.22 bits per heavy atom. The summed E-state index contributed by atoms with van der Waals surface area (Å²) in [5.41, 5.74) is 6.59. The molecule has 0 radical (unpaired) electrons. The van der Waals surface area contributed by atoms with E-state index in [9.17, 15) is 9.59 Å². The van der Waals surface area contributed by atoms with Gasteiger partial charge in [-0.2, -0.15) is 0 Å². The van der Waals surface area contributed by atoms with Crippen LogP contribution in [0.25, 0.3) is 0 Å². The molecule has 2 aromatic rings. The van der Waals surface area contributed by atoms with Gasteiger partial charge in [0.1, 0.15) is 5.75 Å². The minimum atomic E-state index is -0.502. The Balaban J connectivity index is 0.00000261. The second-order valence-corrected chi connectivity index (χ2v) is 6.48. The number of nitrogens with two attached hydrogens (primary N) is 1. The van der Waals surface area contributed by atoms with Gasteiger partial charge in [0.25, 0.3) is 5.91 Å². The molecule has 27 heavy (non-hydrogen) atoms. The molecule has 1 aliphatic rings. The van der Waals surface area contributed by atoms with Crippen molar-refractivity contribution in [1.29, 1.82) is 0 Å². The van der Waals surface area contributed by atoms with Gasteiger partial charge in [0.05, 0.1) is 6.04 Å². The molecule has 1 atom stereocenters. The molecule has 1 fully saturated rings. The van der Waals surface area contributed by atoms with Gasteiger partial charge in [0, 0.05) is 30.2 Å². The van der Waals surface area contributed by atoms with Crippen molar-refractivity contribution in [3.8, 4) is 5.75 Å². The first-order valence-electron chi connectivity index (χ1n) is 8.33. The van der Waals surface area contributed by atoms with Crippen molar-refractivity contribution in [2.45, 2.75) is 6.04 Å². The molecule has 8 heteroatoms. The topological polar surface area (TPSA) is 84.7 Å². The van der Waals surface area contributed by atoms with E-state index in [-0.39, 0.29) is 31.0 Å². The average Bonchev–Trinajstić information content (AvgIpc) is 2.66. The number of primary amides is 1. The summed E-state index contributed by atoms with van der Waals surface area (Å²) in [4.78, 5) is 25.6. The molecule has 2 amide bonds. The zero-order valence-corrected chi connectivity index (χ0v) is 16.1. The number of ether oxygens (including phenoxy) is 1. The standard InChI is InChI=1S/C19H20ClN3O3.ClH/c20-15-3-1-2-14(10-15)17-11-22-8-9-23(17)18(24)12-26-16-6-4-13(5-7-16)19(21)25;/h1-7,10,17,22H,8-9,11-12H2,(H2,21,25);1H. The highest BCUT2D eigenvalue weighted by Crippen LogP contribution is 2.25. The van der Waals surface area contributed by atoms with E-state index < -0.39 is 5.91 Å². The zero-order valence-electron chi connectivity index (χ0n) is 14.6. The molecule has 1 saturated heterocycles. The van der Waals surface area contributed by atoms with Crippen LogP contribution < -0.4 is 15.8 Å². The van der Waals surface area contributed by atoms with E-state index in [4.69, 9.17) is 22.1 Å². The molecule has 1 unspecified atom stereocenters. The highest BCUT2D eigenvalue weighted by atomic mass is 35.5. The van der Waals surface area contributed by atoms with Gasteiger partial charge in [-0.3, -0.25) is 9.59 Å². The zero-order chi connectivity index (χ0) is 18.5. The summed E-state index contributed by atoms with van der Waals surface area (Å²) in [6.45, 7) is 1.92. The van der Waals surface area contributed by atoms with Gasteiger partial charge in [0.2, 0.25) is 5.91 Å². The van der Waals surface area contributed by atoms with Gasteiger partial charge < -0.3 is 20.7 Å². The number of carbonyl (C=O) groups is 2. The molecule has 1 aliphatic heterocycles. The average molecular weight is 410 g/mol. The van der Waals surface area contributed by atoms with Crippen LogP contribution in [0.2, 0.25) is 5.02 Å². The Kier molecular flexibility index (Phi) is 7.47. The third-order valence-corrected chi connectivity index (χ3v) is 4.53. The summed E-state index contributed by atoms with van der Waals surface area (Å²) in [5.74, 6) is -0.0916. The highest BCUT2D eigenvalue weighted by molar-refractivity contribution is 6.30. The van der Waals surface area contributed by atoms with Crippen LogP contribution in [0.3, 0.4) is 0 Å². The minimum Gasteiger partial charge on any atom is -0.484 e. The molecule has 3 N–H and O–H groups in total. The molecule has 2 aromatic carbocycles. The van der Waals surface area contributed by atoms with Crippen LogP contribution >= 0.6 is 24.0 Å². The maximum Gasteiger partial charge on any atom is 0.261 e. The van der Waals surface area contributed by atoms with Crippen LogP contribution in [0.4, 0.5) is 0 Å². The quantitative estimate of drug-likeness (QED) is 0.793. The fourth-order valence-electron chi connectivity index (χ4n) is 2.96. The SMILES string of the molecule is Cl.NC(=O)c1ccc(OCC(=O)N2CCNCC2c2cccc(Cl)c2)cc1. The van der Waals surface area contributed by atoms with Crippen molar-refractivity contribution in [2.75, 3.05) is 26.2 Å². The van der Waals surface area contributed by atoms with Gasteiger partial charge in [-0.05, 0) is 42.0 Å². The first-order chi connectivity index (χ1) is 12.5. The molecule has 0 aromatic heterocycles. The molecule has 1 heterocycles. The Morgan fingerprint density at radius 2 is 1.96 bits per heavy atom. The molecule has 0 spiro atoms. The van der Waals surface area contributed by atoms with Crippen molar-refractivity contribution >= 4 is 35.8 Å². The van der Waals surface area contributed by atoms with Crippen LogP contribution in [0, 0.1) is 0 Å². The summed E-state index contributed by atoms with van der Waals surface area (Å²) in [6.07, 6.45) is 0. The summed E-state index contributed by atoms with van der Waals surface area (Å²) >= 11 is 6.09. The van der Waals surface area contributed by atoms with Gasteiger partial charge in [-0.1, -0.05) is 23.7 Å². The van der Waals surface area contributed by atoms with Crippen LogP contribution in [0.1, 0.15) is 22.0 Å².